The van der Waals surface area contributed by atoms with Crippen molar-refractivity contribution in [3.05, 3.63) is 23.9 Å². The van der Waals surface area contributed by atoms with Gasteiger partial charge in [0.15, 0.2) is 0 Å². The van der Waals surface area contributed by atoms with Crippen molar-refractivity contribution in [2.45, 2.75) is 39.2 Å². The molecule has 98 valence electrons. The minimum Gasteiger partial charge on any atom is -0.424 e. The molecule has 1 saturated heterocycles. The van der Waals surface area contributed by atoms with Crippen molar-refractivity contribution in [1.29, 1.82) is 0 Å². The summed E-state index contributed by atoms with van der Waals surface area (Å²) in [4.78, 5) is 2.46. The zero-order chi connectivity index (χ0) is 12.5. The molecule has 3 rings (SSSR count). The maximum atomic E-state index is 5.68. The molecule has 1 aliphatic carbocycles. The van der Waals surface area contributed by atoms with Crippen molar-refractivity contribution in [2.24, 2.45) is 11.8 Å². The second kappa shape index (κ2) is 4.84. The van der Waals surface area contributed by atoms with E-state index in [0.29, 0.717) is 5.92 Å². The van der Waals surface area contributed by atoms with Crippen LogP contribution in [0.4, 0.5) is 0 Å². The average molecular weight is 247 g/mol. The SMILES string of the molecule is CC(C)c1nnc(CN2C[C@H]3CC=CC[C@H]3C2)o1. The van der Waals surface area contributed by atoms with Gasteiger partial charge in [0.1, 0.15) is 0 Å². The van der Waals surface area contributed by atoms with Gasteiger partial charge in [0.05, 0.1) is 6.54 Å². The van der Waals surface area contributed by atoms with Crippen molar-refractivity contribution < 1.29 is 4.42 Å². The molecule has 0 saturated carbocycles. The fourth-order valence-corrected chi connectivity index (χ4v) is 3.00. The summed E-state index contributed by atoms with van der Waals surface area (Å²) in [5.41, 5.74) is 0. The van der Waals surface area contributed by atoms with Crippen molar-refractivity contribution in [1.82, 2.24) is 15.1 Å². The molecule has 2 heterocycles. The Balaban J connectivity index is 1.60. The maximum absolute atomic E-state index is 5.68. The topological polar surface area (TPSA) is 42.2 Å². The van der Waals surface area contributed by atoms with E-state index in [1.165, 1.54) is 25.9 Å². The van der Waals surface area contributed by atoms with E-state index in [2.05, 4.69) is 41.1 Å². The Morgan fingerprint density at radius 1 is 1.22 bits per heavy atom. The molecular formula is C14H21N3O. The van der Waals surface area contributed by atoms with Crippen molar-refractivity contribution in [2.75, 3.05) is 13.1 Å². The zero-order valence-corrected chi connectivity index (χ0v) is 11.2. The average Bonchev–Trinajstić information content (AvgIpc) is 2.94. The largest absolute Gasteiger partial charge is 0.424 e. The van der Waals surface area contributed by atoms with E-state index < -0.39 is 0 Å². The number of hydrogen-bond donors (Lipinski definition) is 0. The quantitative estimate of drug-likeness (QED) is 0.770. The van der Waals surface area contributed by atoms with E-state index in [-0.39, 0.29) is 0 Å². The van der Waals surface area contributed by atoms with Crippen LogP contribution in [0, 0.1) is 11.8 Å². The third kappa shape index (κ3) is 2.34. The zero-order valence-electron chi connectivity index (χ0n) is 11.2. The normalized spacial score (nSPS) is 27.9. The highest BCUT2D eigenvalue weighted by molar-refractivity contribution is 5.00. The molecule has 0 amide bonds. The second-order valence-electron chi connectivity index (χ2n) is 5.85. The van der Waals surface area contributed by atoms with Crippen LogP contribution in [0.2, 0.25) is 0 Å². The molecule has 2 atom stereocenters. The Bertz CT molecular complexity index is 422. The summed E-state index contributed by atoms with van der Waals surface area (Å²) in [6.07, 6.45) is 7.13. The molecule has 2 aliphatic rings. The molecule has 0 aromatic carbocycles. The molecule has 1 aromatic heterocycles. The van der Waals surface area contributed by atoms with Crippen molar-refractivity contribution in [3.8, 4) is 0 Å². The van der Waals surface area contributed by atoms with Crippen LogP contribution in [0.5, 0.6) is 0 Å². The predicted molar refractivity (Wildman–Crippen MR) is 69.0 cm³/mol. The number of hydrogen-bond acceptors (Lipinski definition) is 4. The van der Waals surface area contributed by atoms with Gasteiger partial charge in [-0.15, -0.1) is 10.2 Å². The van der Waals surface area contributed by atoms with Crippen LogP contribution < -0.4 is 0 Å². The van der Waals surface area contributed by atoms with Gasteiger partial charge in [0.2, 0.25) is 11.8 Å². The van der Waals surface area contributed by atoms with Crippen molar-refractivity contribution >= 4 is 0 Å². The Kier molecular flexibility index (Phi) is 3.20. The smallest absolute Gasteiger partial charge is 0.230 e. The van der Waals surface area contributed by atoms with E-state index in [0.717, 1.165) is 30.2 Å². The molecule has 4 nitrogen and oxygen atoms in total. The summed E-state index contributed by atoms with van der Waals surface area (Å²) in [5, 5.41) is 8.24. The minimum atomic E-state index is 0.316. The lowest BCUT2D eigenvalue weighted by Gasteiger charge is -2.18. The van der Waals surface area contributed by atoms with Gasteiger partial charge < -0.3 is 4.42 Å². The maximum Gasteiger partial charge on any atom is 0.230 e. The van der Waals surface area contributed by atoms with Gasteiger partial charge in [-0.25, -0.2) is 0 Å². The van der Waals surface area contributed by atoms with Crippen molar-refractivity contribution in [3.63, 3.8) is 0 Å². The predicted octanol–water partition coefficient (Wildman–Crippen LogP) is 2.59. The van der Waals surface area contributed by atoms with Gasteiger partial charge in [-0.1, -0.05) is 26.0 Å². The summed E-state index contributed by atoms with van der Waals surface area (Å²) >= 11 is 0. The van der Waals surface area contributed by atoms with Crippen LogP contribution in [0.3, 0.4) is 0 Å². The Morgan fingerprint density at radius 3 is 2.44 bits per heavy atom. The number of nitrogens with zero attached hydrogens (tertiary/aromatic N) is 3. The standard InChI is InChI=1S/C14H21N3O/c1-10(2)14-16-15-13(18-14)9-17-7-11-5-3-4-6-12(11)8-17/h3-4,10-12H,5-9H2,1-2H3/t11-,12+. The molecule has 0 radical (unpaired) electrons. The Morgan fingerprint density at radius 2 is 1.89 bits per heavy atom. The highest BCUT2D eigenvalue weighted by Crippen LogP contribution is 2.33. The van der Waals surface area contributed by atoms with Gasteiger partial charge in [-0.2, -0.15) is 0 Å². The van der Waals surface area contributed by atoms with Crippen LogP contribution in [0.25, 0.3) is 0 Å². The van der Waals surface area contributed by atoms with Crippen LogP contribution >= 0.6 is 0 Å². The van der Waals surface area contributed by atoms with E-state index in [9.17, 15) is 0 Å². The lowest BCUT2D eigenvalue weighted by atomic mass is 9.86. The molecule has 0 N–H and O–H groups in total. The molecule has 4 heteroatoms. The summed E-state index contributed by atoms with van der Waals surface area (Å²) in [7, 11) is 0. The third-order valence-electron chi connectivity index (χ3n) is 4.03. The lowest BCUT2D eigenvalue weighted by molar-refractivity contribution is 0.272. The van der Waals surface area contributed by atoms with Crippen LogP contribution in [-0.4, -0.2) is 28.2 Å². The number of allylic oxidation sites excluding steroid dienone is 2. The second-order valence-corrected chi connectivity index (χ2v) is 5.85. The van der Waals surface area contributed by atoms with E-state index in [1.807, 2.05) is 0 Å². The fraction of sp³-hybridized carbons (Fsp3) is 0.714. The molecule has 1 fully saturated rings. The Hall–Kier alpha value is -1.16. The number of aromatic nitrogens is 2. The van der Waals surface area contributed by atoms with Crippen LogP contribution in [0.15, 0.2) is 16.6 Å². The minimum absolute atomic E-state index is 0.316. The van der Waals surface area contributed by atoms with Gasteiger partial charge in [-0.3, -0.25) is 4.90 Å². The summed E-state index contributed by atoms with van der Waals surface area (Å²) in [6, 6.07) is 0. The van der Waals surface area contributed by atoms with Gasteiger partial charge in [0, 0.05) is 19.0 Å². The number of likely N-dealkylation sites (tertiary alicyclic amines) is 1. The number of fused-ring (bicyclic) bond motifs is 1. The Labute approximate surface area is 108 Å². The van der Waals surface area contributed by atoms with Crippen LogP contribution in [-0.2, 0) is 6.54 Å². The monoisotopic (exact) mass is 247 g/mol. The summed E-state index contributed by atoms with van der Waals surface area (Å²) in [6.45, 7) is 7.32. The lowest BCUT2D eigenvalue weighted by Crippen LogP contribution is -2.20. The van der Waals surface area contributed by atoms with E-state index in [1.54, 1.807) is 0 Å². The number of rotatable bonds is 3. The third-order valence-corrected chi connectivity index (χ3v) is 4.03. The first-order valence-corrected chi connectivity index (χ1v) is 6.92. The first-order chi connectivity index (χ1) is 8.72. The van der Waals surface area contributed by atoms with Gasteiger partial charge in [0.25, 0.3) is 0 Å². The van der Waals surface area contributed by atoms with Gasteiger partial charge in [-0.05, 0) is 24.7 Å². The van der Waals surface area contributed by atoms with Gasteiger partial charge >= 0.3 is 0 Å². The summed E-state index contributed by atoms with van der Waals surface area (Å²) in [5.74, 6) is 3.51. The first-order valence-electron chi connectivity index (χ1n) is 6.92. The van der Waals surface area contributed by atoms with Crippen LogP contribution in [0.1, 0.15) is 44.4 Å². The fourth-order valence-electron chi connectivity index (χ4n) is 3.00. The highest BCUT2D eigenvalue weighted by Gasteiger charge is 2.33. The molecule has 0 spiro atoms. The molecule has 1 aliphatic heterocycles. The molecule has 18 heavy (non-hydrogen) atoms. The summed E-state index contributed by atoms with van der Waals surface area (Å²) < 4.78 is 5.68. The van der Waals surface area contributed by atoms with E-state index >= 15 is 0 Å². The molecular weight excluding hydrogens is 226 g/mol. The van der Waals surface area contributed by atoms with E-state index in [4.69, 9.17) is 4.42 Å². The first kappa shape index (κ1) is 11.9. The molecule has 0 bridgehead atoms. The highest BCUT2D eigenvalue weighted by atomic mass is 16.4. The molecule has 1 aromatic rings. The molecule has 0 unspecified atom stereocenters.